The minimum atomic E-state index is -0.621. The summed E-state index contributed by atoms with van der Waals surface area (Å²) in [7, 11) is 0. The van der Waals surface area contributed by atoms with Gasteiger partial charge in [-0.2, -0.15) is 0 Å². The lowest BCUT2D eigenvalue weighted by Gasteiger charge is -2.19. The van der Waals surface area contributed by atoms with E-state index in [4.69, 9.17) is 9.72 Å². The molecule has 1 N–H and O–H groups in total. The van der Waals surface area contributed by atoms with Gasteiger partial charge in [0.1, 0.15) is 11.2 Å². The molecule has 3 aromatic rings. The number of carbonyl (C=O) groups is 2. The van der Waals surface area contributed by atoms with Crippen molar-refractivity contribution in [2.75, 3.05) is 0 Å². The van der Waals surface area contributed by atoms with Crippen molar-refractivity contribution in [2.24, 2.45) is 0 Å². The molecule has 0 aliphatic carbocycles. The number of aromatic nitrogens is 3. The highest BCUT2D eigenvalue weighted by Crippen LogP contribution is 2.34. The quantitative estimate of drug-likeness (QED) is 0.695. The second kappa shape index (κ2) is 5.89. The molecule has 0 radical (unpaired) electrons. The maximum absolute atomic E-state index is 12.7. The molecule has 0 aromatic carbocycles. The van der Waals surface area contributed by atoms with Gasteiger partial charge < -0.3 is 10.1 Å². The smallest absolute Gasteiger partial charge is 0.420 e. The molecule has 0 saturated heterocycles. The standard InChI is InChI=1S/C21H22N4O3/c1-20(2,3)28-19(27)25-11-14(12-7-6-10-22-17(12)25)15-9-8-13-16(23-15)21(4,5)24-18(13)26/h6-11H,1-5H3,(H,24,26). The number of fused-ring (bicyclic) bond motifs is 2. The van der Waals surface area contributed by atoms with Gasteiger partial charge in [-0.15, -0.1) is 0 Å². The van der Waals surface area contributed by atoms with Crippen molar-refractivity contribution in [3.63, 3.8) is 0 Å². The molecule has 4 heterocycles. The molecule has 1 aliphatic heterocycles. The number of ether oxygens (including phenoxy) is 1. The largest absolute Gasteiger partial charge is 0.443 e. The summed E-state index contributed by atoms with van der Waals surface area (Å²) in [6, 6.07) is 7.27. The van der Waals surface area contributed by atoms with Crippen LogP contribution in [0.4, 0.5) is 4.79 Å². The first-order valence-electron chi connectivity index (χ1n) is 9.11. The molecular formula is C21H22N4O3. The van der Waals surface area contributed by atoms with E-state index in [0.717, 1.165) is 10.9 Å². The number of nitrogens with one attached hydrogen (secondary N) is 1. The van der Waals surface area contributed by atoms with E-state index < -0.39 is 17.2 Å². The Bertz CT molecular complexity index is 1120. The summed E-state index contributed by atoms with van der Waals surface area (Å²) in [4.78, 5) is 33.9. The number of nitrogens with zero attached hydrogens (tertiary/aromatic N) is 3. The lowest BCUT2D eigenvalue weighted by Crippen LogP contribution is -2.33. The summed E-state index contributed by atoms with van der Waals surface area (Å²) in [6.07, 6.45) is 2.83. The number of carbonyl (C=O) groups excluding carboxylic acids is 2. The molecule has 0 unspecified atom stereocenters. The van der Waals surface area contributed by atoms with Gasteiger partial charge in [0.15, 0.2) is 0 Å². The molecule has 7 nitrogen and oxygen atoms in total. The fraction of sp³-hybridized carbons (Fsp3) is 0.333. The molecule has 0 atom stereocenters. The first-order valence-corrected chi connectivity index (χ1v) is 9.11. The van der Waals surface area contributed by atoms with Gasteiger partial charge in [-0.05, 0) is 58.9 Å². The van der Waals surface area contributed by atoms with Crippen LogP contribution in [0, 0.1) is 0 Å². The van der Waals surface area contributed by atoms with Gasteiger partial charge in [-0.1, -0.05) is 0 Å². The summed E-state index contributed by atoms with van der Waals surface area (Å²) in [5.41, 5.74) is 2.02. The zero-order valence-corrected chi connectivity index (χ0v) is 16.5. The number of rotatable bonds is 1. The third-order valence-electron chi connectivity index (χ3n) is 4.59. The Kier molecular flexibility index (Phi) is 3.82. The maximum atomic E-state index is 12.7. The molecule has 28 heavy (non-hydrogen) atoms. The van der Waals surface area contributed by atoms with Crippen LogP contribution in [0.25, 0.3) is 22.3 Å². The molecule has 0 bridgehead atoms. The molecule has 0 saturated carbocycles. The summed E-state index contributed by atoms with van der Waals surface area (Å²) < 4.78 is 6.91. The van der Waals surface area contributed by atoms with Crippen LogP contribution in [0.1, 0.15) is 50.7 Å². The van der Waals surface area contributed by atoms with Gasteiger partial charge in [0.05, 0.1) is 22.5 Å². The predicted molar refractivity (Wildman–Crippen MR) is 105 cm³/mol. The van der Waals surface area contributed by atoms with Crippen LogP contribution in [0.5, 0.6) is 0 Å². The average molecular weight is 378 g/mol. The first-order chi connectivity index (χ1) is 13.1. The second-order valence-electron chi connectivity index (χ2n) is 8.44. The Morgan fingerprint density at radius 2 is 1.93 bits per heavy atom. The summed E-state index contributed by atoms with van der Waals surface area (Å²) in [5, 5.41) is 3.72. The summed E-state index contributed by atoms with van der Waals surface area (Å²) >= 11 is 0. The van der Waals surface area contributed by atoms with Crippen molar-refractivity contribution < 1.29 is 14.3 Å². The van der Waals surface area contributed by atoms with E-state index in [1.54, 1.807) is 24.5 Å². The normalized spacial score (nSPS) is 15.4. The van der Waals surface area contributed by atoms with E-state index in [1.807, 2.05) is 46.8 Å². The van der Waals surface area contributed by atoms with Gasteiger partial charge in [0.25, 0.3) is 5.91 Å². The molecule has 7 heteroatoms. The minimum absolute atomic E-state index is 0.128. The van der Waals surface area contributed by atoms with Crippen molar-refractivity contribution in [1.82, 2.24) is 19.9 Å². The van der Waals surface area contributed by atoms with E-state index in [9.17, 15) is 9.59 Å². The molecule has 4 rings (SSSR count). The van der Waals surface area contributed by atoms with Gasteiger partial charge in [-0.3, -0.25) is 4.79 Å². The Balaban J connectivity index is 1.87. The molecule has 1 amide bonds. The highest BCUT2D eigenvalue weighted by molar-refractivity contribution is 6.01. The second-order valence-corrected chi connectivity index (χ2v) is 8.44. The maximum Gasteiger partial charge on any atom is 0.420 e. The zero-order chi connectivity index (χ0) is 20.3. The molecule has 0 fully saturated rings. The first kappa shape index (κ1) is 18.2. The lowest BCUT2D eigenvalue weighted by atomic mass is 9.99. The van der Waals surface area contributed by atoms with Crippen molar-refractivity contribution in [3.8, 4) is 11.3 Å². The molecular weight excluding hydrogens is 356 g/mol. The SMILES string of the molecule is CC(C)(C)OC(=O)n1cc(-c2ccc3c(n2)C(C)(C)NC3=O)c2cccnc21. The topological polar surface area (TPSA) is 86.1 Å². The average Bonchev–Trinajstić information content (AvgIpc) is 3.09. The Morgan fingerprint density at radius 1 is 1.18 bits per heavy atom. The van der Waals surface area contributed by atoms with Gasteiger partial charge in [0.2, 0.25) is 0 Å². The third kappa shape index (κ3) is 2.93. The number of hydrogen-bond acceptors (Lipinski definition) is 5. The van der Waals surface area contributed by atoms with E-state index in [1.165, 1.54) is 4.57 Å². The Morgan fingerprint density at radius 3 is 2.64 bits per heavy atom. The number of amides is 1. The van der Waals surface area contributed by atoms with E-state index in [2.05, 4.69) is 10.3 Å². The number of hydrogen-bond donors (Lipinski definition) is 1. The lowest BCUT2D eigenvalue weighted by molar-refractivity contribution is 0.0543. The van der Waals surface area contributed by atoms with E-state index >= 15 is 0 Å². The van der Waals surface area contributed by atoms with Crippen LogP contribution in [0.2, 0.25) is 0 Å². The Hall–Kier alpha value is -3.22. The number of pyridine rings is 2. The summed E-state index contributed by atoms with van der Waals surface area (Å²) in [5.74, 6) is -0.128. The predicted octanol–water partition coefficient (Wildman–Crippen LogP) is 3.86. The summed E-state index contributed by atoms with van der Waals surface area (Å²) in [6.45, 7) is 9.29. The van der Waals surface area contributed by atoms with Gasteiger partial charge in [-0.25, -0.2) is 19.3 Å². The van der Waals surface area contributed by atoms with Crippen molar-refractivity contribution in [1.29, 1.82) is 0 Å². The highest BCUT2D eigenvalue weighted by Gasteiger charge is 2.37. The molecule has 144 valence electrons. The van der Waals surface area contributed by atoms with Crippen LogP contribution in [0.3, 0.4) is 0 Å². The van der Waals surface area contributed by atoms with E-state index in [-0.39, 0.29) is 5.91 Å². The highest BCUT2D eigenvalue weighted by atomic mass is 16.6. The van der Waals surface area contributed by atoms with Gasteiger partial charge >= 0.3 is 6.09 Å². The fourth-order valence-electron chi connectivity index (χ4n) is 3.39. The van der Waals surface area contributed by atoms with E-state index in [0.29, 0.717) is 22.6 Å². The fourth-order valence-corrected chi connectivity index (χ4v) is 3.39. The third-order valence-corrected chi connectivity index (χ3v) is 4.59. The minimum Gasteiger partial charge on any atom is -0.443 e. The molecule has 1 aliphatic rings. The monoisotopic (exact) mass is 378 g/mol. The Labute approximate surface area is 162 Å². The van der Waals surface area contributed by atoms with Crippen molar-refractivity contribution >= 4 is 23.0 Å². The molecule has 0 spiro atoms. The van der Waals surface area contributed by atoms with Crippen molar-refractivity contribution in [2.45, 2.75) is 45.8 Å². The van der Waals surface area contributed by atoms with Gasteiger partial charge in [0, 0.05) is 23.3 Å². The van der Waals surface area contributed by atoms with Crippen LogP contribution in [-0.2, 0) is 10.3 Å². The van der Waals surface area contributed by atoms with Crippen LogP contribution in [-0.4, -0.2) is 32.1 Å². The zero-order valence-electron chi connectivity index (χ0n) is 16.5. The van der Waals surface area contributed by atoms with Crippen LogP contribution in [0.15, 0.2) is 36.7 Å². The molecule has 3 aromatic heterocycles. The van der Waals surface area contributed by atoms with Crippen molar-refractivity contribution in [3.05, 3.63) is 47.9 Å². The van der Waals surface area contributed by atoms with Crippen LogP contribution >= 0.6 is 0 Å². The van der Waals surface area contributed by atoms with Crippen LogP contribution < -0.4 is 5.32 Å².